The fourth-order valence-corrected chi connectivity index (χ4v) is 12.8. The van der Waals surface area contributed by atoms with Crippen LogP contribution in [-0.2, 0) is 51.8 Å². The molecule has 2 aliphatic heterocycles. The van der Waals surface area contributed by atoms with Crippen LogP contribution in [0.25, 0.3) is 0 Å². The van der Waals surface area contributed by atoms with Crippen LogP contribution in [0.3, 0.4) is 0 Å². The lowest BCUT2D eigenvalue weighted by Crippen LogP contribution is -2.52. The van der Waals surface area contributed by atoms with Crippen molar-refractivity contribution in [3.63, 3.8) is 0 Å². The van der Waals surface area contributed by atoms with E-state index in [1.54, 1.807) is 45.0 Å². The average molecular weight is 1150 g/mol. The normalized spacial score (nSPS) is 18.1. The van der Waals surface area contributed by atoms with Crippen LogP contribution in [0.2, 0.25) is 0 Å². The molecular weight excluding hydrogens is 1060 g/mol. The number of benzene rings is 4. The topological polar surface area (TPSA) is 310 Å². The quantitative estimate of drug-likeness (QED) is 0.0359. The van der Waals surface area contributed by atoms with Gasteiger partial charge < -0.3 is 51.3 Å². The van der Waals surface area contributed by atoms with Crippen molar-refractivity contribution in [2.45, 2.75) is 145 Å². The van der Waals surface area contributed by atoms with Gasteiger partial charge in [0.15, 0.2) is 6.29 Å². The zero-order valence-electron chi connectivity index (χ0n) is 46.9. The summed E-state index contributed by atoms with van der Waals surface area (Å²) in [7, 11) is -8.18. The number of amides is 2. The Bertz CT molecular complexity index is 2950. The standard InChI is InChI=1S/C30H40N4O7S.C28H40N4O5S/c1-30(2,13-7-14-31)20-34(42(37,38)23-11-6-10-22(32)17-23)18-26(35)25(16-21-8-4-3-5-9-21)33-29(36)41-27-19-40-28-24(27)12-15-39-28;1-27(2,3)37-26(34)31-24(17-21-11-7-6-8-12-21)25(33)19-32(20-28(4,5)15-10-16-29)38(35,36)23-14-9-13-22(30)18-23/h3-6,8-11,17,24-28,35H,7,12-13,15-16,18-20,32H2,1-2H3,(H,33,36);6-9,11-14,18,24-25,33H,10,15,17,19-20,30H2,1-5H3,(H,31,34)/t24-,25-,26+,27-,28+;24-,25+/m00/s1. The van der Waals surface area contributed by atoms with Gasteiger partial charge in [-0.25, -0.2) is 26.4 Å². The summed E-state index contributed by atoms with van der Waals surface area (Å²) < 4.78 is 79.8. The molecule has 2 heterocycles. The number of nitriles is 2. The van der Waals surface area contributed by atoms with E-state index in [1.165, 1.54) is 32.9 Å². The number of sulfonamides is 2. The summed E-state index contributed by atoms with van der Waals surface area (Å²) in [6, 6.07) is 33.0. The number of aliphatic hydroxyl groups is 2. The number of carbonyl (C=O) groups excluding carboxylic acids is 2. The maximum absolute atomic E-state index is 13.9. The van der Waals surface area contributed by atoms with E-state index in [4.69, 9.17) is 40.9 Å². The van der Waals surface area contributed by atoms with Crippen LogP contribution in [0.4, 0.5) is 21.0 Å². The lowest BCUT2D eigenvalue weighted by atomic mass is 9.88. The lowest BCUT2D eigenvalue weighted by molar-refractivity contribution is -0.0907. The first-order valence-electron chi connectivity index (χ1n) is 26.7. The Balaban J connectivity index is 0.000000296. The Kier molecular flexibility index (Phi) is 23.3. The number of carbonyl (C=O) groups is 2. The molecule has 7 atom stereocenters. The first-order valence-corrected chi connectivity index (χ1v) is 29.6. The molecule has 0 spiro atoms. The van der Waals surface area contributed by atoms with Crippen LogP contribution in [0.15, 0.2) is 119 Å². The zero-order valence-corrected chi connectivity index (χ0v) is 48.5. The monoisotopic (exact) mass is 1140 g/mol. The molecular formula is C58H80N8O12S2. The van der Waals surface area contributed by atoms with E-state index in [-0.39, 0.29) is 86.2 Å². The van der Waals surface area contributed by atoms with Crippen LogP contribution in [0.5, 0.6) is 0 Å². The van der Waals surface area contributed by atoms with Crippen molar-refractivity contribution in [1.82, 2.24) is 19.2 Å². The molecule has 20 nitrogen and oxygen atoms in total. The summed E-state index contributed by atoms with van der Waals surface area (Å²) in [6.45, 7) is 12.9. The van der Waals surface area contributed by atoms with Crippen molar-refractivity contribution in [1.29, 1.82) is 10.5 Å². The number of ether oxygens (including phenoxy) is 4. The van der Waals surface area contributed by atoms with Gasteiger partial charge >= 0.3 is 12.2 Å². The highest BCUT2D eigenvalue weighted by atomic mass is 32.2. The number of aliphatic hydroxyl groups excluding tert-OH is 2. The Morgan fingerprint density at radius 3 is 1.52 bits per heavy atom. The highest BCUT2D eigenvalue weighted by Gasteiger charge is 2.44. The molecule has 4 aromatic carbocycles. The molecule has 2 aliphatic rings. The number of rotatable bonds is 25. The highest BCUT2D eigenvalue weighted by molar-refractivity contribution is 7.89. The molecule has 0 radical (unpaired) electrons. The van der Waals surface area contributed by atoms with Crippen LogP contribution < -0.4 is 22.1 Å². The molecule has 0 bridgehead atoms. The number of alkyl carbamates (subject to hydrolysis) is 2. The maximum Gasteiger partial charge on any atom is 0.407 e. The number of anilines is 2. The maximum atomic E-state index is 13.9. The minimum atomic E-state index is -4.10. The van der Waals surface area contributed by atoms with Gasteiger partial charge in [-0.05, 0) is 111 Å². The van der Waals surface area contributed by atoms with Gasteiger partial charge in [0.05, 0.1) is 65.4 Å². The second kappa shape index (κ2) is 28.9. The van der Waals surface area contributed by atoms with Crippen molar-refractivity contribution in [3.8, 4) is 12.1 Å². The molecule has 80 heavy (non-hydrogen) atoms. The molecule has 2 fully saturated rings. The van der Waals surface area contributed by atoms with Crippen molar-refractivity contribution >= 4 is 43.6 Å². The van der Waals surface area contributed by atoms with Gasteiger partial charge in [-0.3, -0.25) is 0 Å². The Morgan fingerprint density at radius 2 is 1.11 bits per heavy atom. The van der Waals surface area contributed by atoms with Gasteiger partial charge in [0.25, 0.3) is 0 Å². The van der Waals surface area contributed by atoms with Gasteiger partial charge in [-0.1, -0.05) is 100 Å². The van der Waals surface area contributed by atoms with Crippen molar-refractivity contribution < 1.29 is 55.6 Å². The average Bonchev–Trinajstić information content (AvgIpc) is 4.11. The second-order valence-electron chi connectivity index (χ2n) is 22.9. The fraction of sp³-hybridized carbons (Fsp3) is 0.517. The third-order valence-electron chi connectivity index (χ3n) is 13.6. The third-order valence-corrected chi connectivity index (χ3v) is 17.2. The minimum Gasteiger partial charge on any atom is -0.444 e. The van der Waals surface area contributed by atoms with E-state index in [1.807, 2.05) is 88.4 Å². The molecule has 8 N–H and O–H groups in total. The molecule has 22 heteroatoms. The summed E-state index contributed by atoms with van der Waals surface area (Å²) >= 11 is 0. The molecule has 0 saturated carbocycles. The smallest absolute Gasteiger partial charge is 0.407 e. The molecule has 4 aromatic rings. The molecule has 436 valence electrons. The number of nitrogens with one attached hydrogen (secondary N) is 2. The van der Waals surface area contributed by atoms with Gasteiger partial charge in [0.2, 0.25) is 20.0 Å². The second-order valence-corrected chi connectivity index (χ2v) is 26.7. The Hall–Kier alpha value is -6.34. The van der Waals surface area contributed by atoms with Gasteiger partial charge in [-0.2, -0.15) is 19.1 Å². The van der Waals surface area contributed by atoms with Crippen LogP contribution >= 0.6 is 0 Å². The number of fused-ring (bicyclic) bond motifs is 1. The van der Waals surface area contributed by atoms with Gasteiger partial charge in [0.1, 0.15) is 11.7 Å². The molecule has 0 aliphatic carbocycles. The summed E-state index contributed by atoms with van der Waals surface area (Å²) in [4.78, 5) is 25.7. The molecule has 2 amide bonds. The van der Waals surface area contributed by atoms with E-state index >= 15 is 0 Å². The number of hydrogen-bond donors (Lipinski definition) is 6. The Labute approximate surface area is 472 Å². The van der Waals surface area contributed by atoms with Crippen LogP contribution in [-0.4, -0.2) is 130 Å². The van der Waals surface area contributed by atoms with Gasteiger partial charge in [-0.15, -0.1) is 0 Å². The molecule has 0 aromatic heterocycles. The Morgan fingerprint density at radius 1 is 0.675 bits per heavy atom. The van der Waals surface area contributed by atoms with E-state index in [0.29, 0.717) is 25.1 Å². The number of nitrogens with zero attached hydrogens (tertiary/aromatic N) is 4. The predicted molar refractivity (Wildman–Crippen MR) is 303 cm³/mol. The number of hydrogen-bond acceptors (Lipinski definition) is 16. The van der Waals surface area contributed by atoms with Crippen molar-refractivity contribution in [2.75, 3.05) is 50.9 Å². The predicted octanol–water partition coefficient (Wildman–Crippen LogP) is 7.14. The van der Waals surface area contributed by atoms with Crippen LogP contribution in [0, 0.1) is 39.4 Å². The number of nitrogen functional groups attached to an aromatic ring is 2. The van der Waals surface area contributed by atoms with Gasteiger partial charge in [0, 0.05) is 50.4 Å². The third kappa shape index (κ3) is 20.0. The van der Waals surface area contributed by atoms with Crippen LogP contribution in [0.1, 0.15) is 91.7 Å². The first kappa shape index (κ1) is 64.5. The summed E-state index contributed by atoms with van der Waals surface area (Å²) in [5.41, 5.74) is 12.1. The lowest BCUT2D eigenvalue weighted by Gasteiger charge is -2.35. The van der Waals surface area contributed by atoms with E-state index in [0.717, 1.165) is 17.5 Å². The molecule has 0 unspecified atom stereocenters. The number of nitrogens with two attached hydrogens (primary N) is 2. The largest absolute Gasteiger partial charge is 0.444 e. The SMILES string of the molecule is CC(C)(CCC#N)CN(C[C@@H](O)[C@H](Cc1ccccc1)NC(=O)OC(C)(C)C)S(=O)(=O)c1cccc(N)c1.CC(C)(CCC#N)CN(C[C@@H](O)[C@H](Cc1ccccc1)NC(=O)O[C@H]1CO[C@H]2OCC[C@H]21)S(=O)(=O)c1cccc(N)c1. The van der Waals surface area contributed by atoms with Crippen molar-refractivity contribution in [2.24, 2.45) is 16.7 Å². The summed E-state index contributed by atoms with van der Waals surface area (Å²) in [5, 5.41) is 46.6. The molecule has 6 rings (SSSR count). The minimum absolute atomic E-state index is 0.000457. The van der Waals surface area contributed by atoms with E-state index in [9.17, 15) is 36.6 Å². The summed E-state index contributed by atoms with van der Waals surface area (Å²) in [6.07, 6.45) is -2.23. The summed E-state index contributed by atoms with van der Waals surface area (Å²) in [5.74, 6) is -0.0529. The van der Waals surface area contributed by atoms with Crippen molar-refractivity contribution in [3.05, 3.63) is 120 Å². The fourth-order valence-electron chi connectivity index (χ4n) is 9.35. The highest BCUT2D eigenvalue weighted by Crippen LogP contribution is 2.34. The first-order chi connectivity index (χ1) is 37.6. The molecule has 2 saturated heterocycles. The zero-order chi connectivity index (χ0) is 58.9. The van der Waals surface area contributed by atoms with E-state index < -0.39 is 79.1 Å². The van der Waals surface area contributed by atoms with E-state index in [2.05, 4.69) is 22.8 Å².